The van der Waals surface area contributed by atoms with Crippen molar-refractivity contribution in [2.75, 3.05) is 44.7 Å². The molecule has 0 saturated carbocycles. The molecule has 2 amide bonds. The van der Waals surface area contributed by atoms with E-state index < -0.39 is 0 Å². The van der Waals surface area contributed by atoms with Crippen LogP contribution in [0, 0.1) is 5.82 Å². The number of amides is 2. The van der Waals surface area contributed by atoms with E-state index in [1.54, 1.807) is 36.4 Å². The third-order valence-electron chi connectivity index (χ3n) is 3.96. The molecular formula is C19H22FN3O3. The third-order valence-corrected chi connectivity index (χ3v) is 3.96. The zero-order valence-electron chi connectivity index (χ0n) is 14.4. The molecule has 26 heavy (non-hydrogen) atoms. The third kappa shape index (κ3) is 5.72. The highest BCUT2D eigenvalue weighted by Crippen LogP contribution is 2.23. The molecule has 7 heteroatoms. The fourth-order valence-electron chi connectivity index (χ4n) is 2.60. The van der Waals surface area contributed by atoms with Gasteiger partial charge in [0.15, 0.2) is 0 Å². The summed E-state index contributed by atoms with van der Waals surface area (Å²) in [5.41, 5.74) is 0.653. The van der Waals surface area contributed by atoms with Crippen LogP contribution >= 0.6 is 0 Å². The van der Waals surface area contributed by atoms with E-state index in [1.807, 2.05) is 0 Å². The molecule has 0 aliphatic carbocycles. The van der Waals surface area contributed by atoms with Gasteiger partial charge in [0.2, 0.25) is 0 Å². The lowest BCUT2D eigenvalue weighted by Gasteiger charge is -2.26. The van der Waals surface area contributed by atoms with Crippen molar-refractivity contribution < 1.29 is 18.7 Å². The Morgan fingerprint density at radius 2 is 1.88 bits per heavy atom. The molecule has 0 bridgehead atoms. The van der Waals surface area contributed by atoms with Crippen molar-refractivity contribution in [3.8, 4) is 11.5 Å². The van der Waals surface area contributed by atoms with E-state index in [4.69, 9.17) is 9.47 Å². The van der Waals surface area contributed by atoms with Crippen LogP contribution < -0.4 is 15.4 Å². The average Bonchev–Trinajstić information content (AvgIpc) is 2.64. The van der Waals surface area contributed by atoms with E-state index in [1.165, 1.54) is 12.1 Å². The first-order valence-electron chi connectivity index (χ1n) is 8.57. The summed E-state index contributed by atoms with van der Waals surface area (Å²) in [6.07, 6.45) is 0. The molecule has 1 fully saturated rings. The molecule has 6 nitrogen and oxygen atoms in total. The van der Waals surface area contributed by atoms with Gasteiger partial charge in [0, 0.05) is 37.9 Å². The van der Waals surface area contributed by atoms with Crippen molar-refractivity contribution in [1.29, 1.82) is 0 Å². The molecule has 1 heterocycles. The molecule has 0 spiro atoms. The summed E-state index contributed by atoms with van der Waals surface area (Å²) >= 11 is 0. The van der Waals surface area contributed by atoms with E-state index in [2.05, 4.69) is 15.5 Å². The number of hydrogen-bond acceptors (Lipinski definition) is 4. The molecule has 0 unspecified atom stereocenters. The maximum Gasteiger partial charge on any atom is 0.319 e. The monoisotopic (exact) mass is 359 g/mol. The molecular weight excluding hydrogens is 337 g/mol. The summed E-state index contributed by atoms with van der Waals surface area (Å²) in [5.74, 6) is 0.634. The van der Waals surface area contributed by atoms with Gasteiger partial charge in [-0.3, -0.25) is 4.90 Å². The minimum atomic E-state index is -0.352. The van der Waals surface area contributed by atoms with Gasteiger partial charge in [-0.05, 0) is 36.4 Å². The highest BCUT2D eigenvalue weighted by Gasteiger charge is 2.10. The van der Waals surface area contributed by atoms with Gasteiger partial charge in [-0.25, -0.2) is 9.18 Å². The number of hydrogen-bond donors (Lipinski definition) is 2. The lowest BCUT2D eigenvalue weighted by atomic mass is 10.3. The summed E-state index contributed by atoms with van der Waals surface area (Å²) in [5, 5.41) is 5.60. The Hall–Kier alpha value is -2.64. The molecule has 138 valence electrons. The SMILES string of the molecule is O=C(NCCN1CCOCC1)Nc1ccc(Oc2cccc(F)c2)cc1. The Bertz CT molecular complexity index is 718. The van der Waals surface area contributed by atoms with Gasteiger partial charge in [-0.15, -0.1) is 0 Å². The number of benzene rings is 2. The van der Waals surface area contributed by atoms with Gasteiger partial charge in [0.1, 0.15) is 17.3 Å². The molecule has 2 N–H and O–H groups in total. The summed E-state index contributed by atoms with van der Waals surface area (Å²) in [4.78, 5) is 14.2. The van der Waals surface area contributed by atoms with Crippen LogP contribution in [0.5, 0.6) is 11.5 Å². The minimum absolute atomic E-state index is 0.253. The van der Waals surface area contributed by atoms with Gasteiger partial charge in [0.05, 0.1) is 13.2 Å². The summed E-state index contributed by atoms with van der Waals surface area (Å²) < 4.78 is 24.0. The van der Waals surface area contributed by atoms with Gasteiger partial charge >= 0.3 is 6.03 Å². The van der Waals surface area contributed by atoms with Crippen molar-refractivity contribution in [3.63, 3.8) is 0 Å². The van der Waals surface area contributed by atoms with Gasteiger partial charge in [-0.2, -0.15) is 0 Å². The Morgan fingerprint density at radius 3 is 2.62 bits per heavy atom. The van der Waals surface area contributed by atoms with Crippen LogP contribution in [-0.4, -0.2) is 50.3 Å². The second-order valence-corrected chi connectivity index (χ2v) is 5.92. The molecule has 3 rings (SSSR count). The number of urea groups is 1. The summed E-state index contributed by atoms with van der Waals surface area (Å²) in [7, 11) is 0. The molecule has 0 radical (unpaired) electrons. The number of anilines is 1. The predicted molar refractivity (Wildman–Crippen MR) is 97.2 cm³/mol. The van der Waals surface area contributed by atoms with E-state index in [-0.39, 0.29) is 11.8 Å². The number of halogens is 1. The van der Waals surface area contributed by atoms with Crippen LogP contribution in [0.25, 0.3) is 0 Å². The fraction of sp³-hybridized carbons (Fsp3) is 0.316. The van der Waals surface area contributed by atoms with Crippen molar-refractivity contribution in [3.05, 3.63) is 54.3 Å². The smallest absolute Gasteiger partial charge is 0.319 e. The first-order valence-corrected chi connectivity index (χ1v) is 8.57. The Kier molecular flexibility index (Phi) is 6.40. The zero-order chi connectivity index (χ0) is 18.2. The highest BCUT2D eigenvalue weighted by molar-refractivity contribution is 5.89. The van der Waals surface area contributed by atoms with Gasteiger partial charge in [-0.1, -0.05) is 6.07 Å². The molecule has 2 aromatic rings. The van der Waals surface area contributed by atoms with Crippen LogP contribution in [0.15, 0.2) is 48.5 Å². The molecule has 2 aromatic carbocycles. The second-order valence-electron chi connectivity index (χ2n) is 5.92. The topological polar surface area (TPSA) is 62.8 Å². The molecule has 0 aromatic heterocycles. The summed E-state index contributed by atoms with van der Waals surface area (Å²) in [6, 6.07) is 12.6. The van der Waals surface area contributed by atoms with Crippen LogP contribution in [0.3, 0.4) is 0 Å². The normalized spacial score (nSPS) is 14.7. The van der Waals surface area contributed by atoms with Crippen molar-refractivity contribution in [2.24, 2.45) is 0 Å². The van der Waals surface area contributed by atoms with Crippen molar-refractivity contribution >= 4 is 11.7 Å². The first-order chi connectivity index (χ1) is 12.7. The maximum atomic E-state index is 13.2. The van der Waals surface area contributed by atoms with Crippen LogP contribution in [0.4, 0.5) is 14.9 Å². The Labute approximate surface area is 151 Å². The van der Waals surface area contributed by atoms with Crippen LogP contribution in [0.1, 0.15) is 0 Å². The fourth-order valence-corrected chi connectivity index (χ4v) is 2.60. The van der Waals surface area contributed by atoms with E-state index in [9.17, 15) is 9.18 Å². The largest absolute Gasteiger partial charge is 0.457 e. The molecule has 1 saturated heterocycles. The summed E-state index contributed by atoms with van der Waals surface area (Å²) in [6.45, 7) is 4.67. The molecule has 1 aliphatic rings. The molecule has 1 aliphatic heterocycles. The quantitative estimate of drug-likeness (QED) is 0.832. The lowest BCUT2D eigenvalue weighted by molar-refractivity contribution is 0.0388. The number of carbonyl (C=O) groups excluding carboxylic acids is 1. The Balaban J connectivity index is 1.42. The van der Waals surface area contributed by atoms with Crippen LogP contribution in [0.2, 0.25) is 0 Å². The standard InChI is InChI=1S/C19H22FN3O3/c20-15-2-1-3-18(14-15)26-17-6-4-16(5-7-17)22-19(24)21-8-9-23-10-12-25-13-11-23/h1-7,14H,8-13H2,(H2,21,22,24). The zero-order valence-corrected chi connectivity index (χ0v) is 14.4. The highest BCUT2D eigenvalue weighted by atomic mass is 19.1. The number of morpholine rings is 1. The average molecular weight is 359 g/mol. The van der Waals surface area contributed by atoms with Gasteiger partial charge in [0.25, 0.3) is 0 Å². The first kappa shape index (κ1) is 18.2. The van der Waals surface area contributed by atoms with Crippen molar-refractivity contribution in [1.82, 2.24) is 10.2 Å². The van der Waals surface area contributed by atoms with E-state index in [0.717, 1.165) is 32.8 Å². The lowest BCUT2D eigenvalue weighted by Crippen LogP contribution is -2.42. The number of carbonyl (C=O) groups is 1. The number of ether oxygens (including phenoxy) is 2. The minimum Gasteiger partial charge on any atom is -0.457 e. The van der Waals surface area contributed by atoms with Crippen molar-refractivity contribution in [2.45, 2.75) is 0 Å². The predicted octanol–water partition coefficient (Wildman–Crippen LogP) is 3.07. The maximum absolute atomic E-state index is 13.2. The van der Waals surface area contributed by atoms with Crippen LogP contribution in [-0.2, 0) is 4.74 Å². The number of rotatable bonds is 6. The van der Waals surface area contributed by atoms with E-state index in [0.29, 0.717) is 23.7 Å². The Morgan fingerprint density at radius 1 is 1.12 bits per heavy atom. The second kappa shape index (κ2) is 9.17. The van der Waals surface area contributed by atoms with E-state index >= 15 is 0 Å². The molecule has 0 atom stereocenters. The van der Waals surface area contributed by atoms with Gasteiger partial charge < -0.3 is 20.1 Å². The number of nitrogens with zero attached hydrogens (tertiary/aromatic N) is 1. The number of nitrogens with one attached hydrogen (secondary N) is 2.